The first-order valence-electron chi connectivity index (χ1n) is 5.87. The molecule has 0 unspecified atom stereocenters. The average Bonchev–Trinajstić information content (AvgIpc) is 2.25. The Balaban J connectivity index is 1.98. The Morgan fingerprint density at radius 2 is 1.81 bits per heavy atom. The fourth-order valence-corrected chi connectivity index (χ4v) is 2.69. The summed E-state index contributed by atoms with van der Waals surface area (Å²) in [7, 11) is 0. The van der Waals surface area contributed by atoms with E-state index < -0.39 is 0 Å². The van der Waals surface area contributed by atoms with Crippen LogP contribution in [0, 0.1) is 5.92 Å². The van der Waals surface area contributed by atoms with E-state index in [1.54, 1.807) is 6.07 Å². The third-order valence-corrected chi connectivity index (χ3v) is 3.85. The molecule has 3 heteroatoms. The number of rotatable bonds is 2. The van der Waals surface area contributed by atoms with Crippen LogP contribution in [0.15, 0.2) is 18.2 Å². The predicted molar refractivity (Wildman–Crippen MR) is 71.5 cm³/mol. The molecule has 0 atom stereocenters. The largest absolute Gasteiger partial charge is 0.381 e. The maximum absolute atomic E-state index is 6.13. The molecule has 1 N–H and O–H groups in total. The molecular weight excluding hydrogens is 241 g/mol. The van der Waals surface area contributed by atoms with Crippen LogP contribution in [0.25, 0.3) is 0 Å². The molecule has 0 radical (unpaired) electrons. The monoisotopic (exact) mass is 257 g/mol. The summed E-state index contributed by atoms with van der Waals surface area (Å²) in [4.78, 5) is 0. The van der Waals surface area contributed by atoms with Crippen molar-refractivity contribution < 1.29 is 0 Å². The van der Waals surface area contributed by atoms with Gasteiger partial charge in [-0.3, -0.25) is 0 Å². The van der Waals surface area contributed by atoms with Crippen molar-refractivity contribution >= 4 is 28.9 Å². The van der Waals surface area contributed by atoms with E-state index in [9.17, 15) is 0 Å². The van der Waals surface area contributed by atoms with E-state index in [0.717, 1.165) is 11.6 Å². The van der Waals surface area contributed by atoms with Crippen LogP contribution < -0.4 is 5.32 Å². The Morgan fingerprint density at radius 3 is 2.44 bits per heavy atom. The van der Waals surface area contributed by atoms with Crippen LogP contribution in [-0.2, 0) is 0 Å². The lowest BCUT2D eigenvalue weighted by molar-refractivity contribution is 0.361. The molecule has 0 bridgehead atoms. The lowest BCUT2D eigenvalue weighted by Crippen LogP contribution is -2.25. The summed E-state index contributed by atoms with van der Waals surface area (Å²) in [6, 6.07) is 6.19. The first kappa shape index (κ1) is 12.1. The van der Waals surface area contributed by atoms with E-state index in [1.165, 1.54) is 25.7 Å². The van der Waals surface area contributed by atoms with Gasteiger partial charge in [0.2, 0.25) is 0 Å². The highest BCUT2D eigenvalue weighted by atomic mass is 35.5. The molecule has 1 fully saturated rings. The molecule has 1 aromatic carbocycles. The van der Waals surface area contributed by atoms with Crippen molar-refractivity contribution in [3.63, 3.8) is 0 Å². The summed E-state index contributed by atoms with van der Waals surface area (Å²) < 4.78 is 0. The third kappa shape index (κ3) is 3.05. The summed E-state index contributed by atoms with van der Waals surface area (Å²) in [5.74, 6) is 0.874. The van der Waals surface area contributed by atoms with Gasteiger partial charge in [-0.25, -0.2) is 0 Å². The number of halogens is 2. The number of anilines is 1. The highest BCUT2D eigenvalue weighted by Gasteiger charge is 2.18. The van der Waals surface area contributed by atoms with Gasteiger partial charge in [0.25, 0.3) is 0 Å². The van der Waals surface area contributed by atoms with Gasteiger partial charge in [-0.2, -0.15) is 0 Å². The Hall–Kier alpha value is -0.400. The van der Waals surface area contributed by atoms with E-state index in [2.05, 4.69) is 12.2 Å². The highest BCUT2D eigenvalue weighted by molar-refractivity contribution is 6.36. The van der Waals surface area contributed by atoms with E-state index in [0.29, 0.717) is 16.1 Å². The van der Waals surface area contributed by atoms with Crippen molar-refractivity contribution in [2.75, 3.05) is 5.32 Å². The quantitative estimate of drug-likeness (QED) is 0.788. The molecule has 16 heavy (non-hydrogen) atoms. The number of nitrogens with one attached hydrogen (secondary N) is 1. The minimum absolute atomic E-state index is 0.565. The number of hydrogen-bond donors (Lipinski definition) is 1. The van der Waals surface area contributed by atoms with Gasteiger partial charge in [0, 0.05) is 11.1 Å². The van der Waals surface area contributed by atoms with Gasteiger partial charge in [0.1, 0.15) is 0 Å². The van der Waals surface area contributed by atoms with Gasteiger partial charge in [-0.1, -0.05) is 30.1 Å². The normalized spacial score (nSPS) is 25.4. The van der Waals surface area contributed by atoms with Crippen LogP contribution in [0.2, 0.25) is 10.0 Å². The summed E-state index contributed by atoms with van der Waals surface area (Å²) >= 11 is 12.0. The second kappa shape index (κ2) is 5.29. The van der Waals surface area contributed by atoms with Gasteiger partial charge in [0.05, 0.1) is 10.7 Å². The van der Waals surface area contributed by atoms with Crippen LogP contribution >= 0.6 is 23.2 Å². The summed E-state index contributed by atoms with van der Waals surface area (Å²) in [5.41, 5.74) is 1.01. The fraction of sp³-hybridized carbons (Fsp3) is 0.538. The molecular formula is C13H17Cl2N. The SMILES string of the molecule is CC1CCC(Nc2ccc(Cl)cc2Cl)CC1. The molecule has 0 spiro atoms. The molecule has 0 saturated heterocycles. The Kier molecular flexibility index (Phi) is 3.99. The van der Waals surface area contributed by atoms with Crippen LogP contribution in [0.1, 0.15) is 32.6 Å². The summed E-state index contributed by atoms with van der Waals surface area (Å²) in [6.45, 7) is 2.32. The van der Waals surface area contributed by atoms with Crippen LogP contribution in [0.5, 0.6) is 0 Å². The van der Waals surface area contributed by atoms with Gasteiger partial charge in [-0.05, 0) is 49.8 Å². The molecule has 0 amide bonds. The second-order valence-electron chi connectivity index (χ2n) is 4.73. The fourth-order valence-electron chi connectivity index (χ4n) is 2.23. The van der Waals surface area contributed by atoms with E-state index in [1.807, 2.05) is 12.1 Å². The molecule has 0 heterocycles. The van der Waals surface area contributed by atoms with Gasteiger partial charge < -0.3 is 5.32 Å². The molecule has 1 nitrogen and oxygen atoms in total. The second-order valence-corrected chi connectivity index (χ2v) is 5.57. The third-order valence-electron chi connectivity index (χ3n) is 3.31. The molecule has 1 aliphatic rings. The molecule has 0 aromatic heterocycles. The summed E-state index contributed by atoms with van der Waals surface area (Å²) in [5, 5.41) is 4.91. The van der Waals surface area contributed by atoms with Crippen molar-refractivity contribution in [1.82, 2.24) is 0 Å². The smallest absolute Gasteiger partial charge is 0.0652 e. The zero-order valence-electron chi connectivity index (χ0n) is 9.47. The maximum Gasteiger partial charge on any atom is 0.0652 e. The topological polar surface area (TPSA) is 12.0 Å². The minimum atomic E-state index is 0.565. The minimum Gasteiger partial charge on any atom is -0.381 e. The molecule has 0 aliphatic heterocycles. The van der Waals surface area contributed by atoms with Crippen LogP contribution in [0.4, 0.5) is 5.69 Å². The van der Waals surface area contributed by atoms with Gasteiger partial charge in [0.15, 0.2) is 0 Å². The molecule has 88 valence electrons. The van der Waals surface area contributed by atoms with Crippen molar-refractivity contribution in [3.05, 3.63) is 28.2 Å². The van der Waals surface area contributed by atoms with Crippen LogP contribution in [0.3, 0.4) is 0 Å². The Morgan fingerprint density at radius 1 is 1.12 bits per heavy atom. The first-order chi connectivity index (χ1) is 7.65. The Labute approximate surface area is 107 Å². The van der Waals surface area contributed by atoms with Crippen molar-refractivity contribution in [1.29, 1.82) is 0 Å². The van der Waals surface area contributed by atoms with Gasteiger partial charge in [-0.15, -0.1) is 0 Å². The predicted octanol–water partition coefficient (Wildman–Crippen LogP) is 4.98. The molecule has 2 rings (SSSR count). The zero-order chi connectivity index (χ0) is 11.5. The standard InChI is InChI=1S/C13H17Cl2N/c1-9-2-5-11(6-3-9)16-13-7-4-10(14)8-12(13)15/h4,7-9,11,16H,2-3,5-6H2,1H3. The van der Waals surface area contributed by atoms with E-state index >= 15 is 0 Å². The van der Waals surface area contributed by atoms with Crippen molar-refractivity contribution in [2.24, 2.45) is 5.92 Å². The van der Waals surface area contributed by atoms with Crippen molar-refractivity contribution in [3.8, 4) is 0 Å². The number of hydrogen-bond acceptors (Lipinski definition) is 1. The molecule has 1 aromatic rings. The van der Waals surface area contributed by atoms with E-state index in [-0.39, 0.29) is 0 Å². The zero-order valence-corrected chi connectivity index (χ0v) is 11.0. The summed E-state index contributed by atoms with van der Waals surface area (Å²) in [6.07, 6.45) is 5.09. The van der Waals surface area contributed by atoms with E-state index in [4.69, 9.17) is 23.2 Å². The van der Waals surface area contributed by atoms with Gasteiger partial charge >= 0.3 is 0 Å². The number of benzene rings is 1. The van der Waals surface area contributed by atoms with Crippen molar-refractivity contribution in [2.45, 2.75) is 38.6 Å². The highest BCUT2D eigenvalue weighted by Crippen LogP contribution is 2.30. The maximum atomic E-state index is 6.13. The Bertz CT molecular complexity index is 357. The molecule has 1 saturated carbocycles. The first-order valence-corrected chi connectivity index (χ1v) is 6.62. The molecule has 1 aliphatic carbocycles. The average molecular weight is 258 g/mol. The lowest BCUT2D eigenvalue weighted by Gasteiger charge is -2.28. The lowest BCUT2D eigenvalue weighted by atomic mass is 9.87. The van der Waals surface area contributed by atoms with Crippen LogP contribution in [-0.4, -0.2) is 6.04 Å².